The molecule has 29 heavy (non-hydrogen) atoms. The quantitative estimate of drug-likeness (QED) is 0.298. The first-order chi connectivity index (χ1) is 14.0. The van der Waals surface area contributed by atoms with Gasteiger partial charge in [0.2, 0.25) is 0 Å². The van der Waals surface area contributed by atoms with Gasteiger partial charge in [-0.1, -0.05) is 29.8 Å². The Hall–Kier alpha value is -3.35. The maximum atomic E-state index is 13.1. The van der Waals surface area contributed by atoms with Crippen molar-refractivity contribution in [2.24, 2.45) is 0 Å². The third kappa shape index (κ3) is 4.23. The Kier molecular flexibility index (Phi) is 5.20. The van der Waals surface area contributed by atoms with E-state index in [4.69, 9.17) is 11.6 Å². The number of anilines is 1. The molecule has 0 unspecified atom stereocenters. The van der Waals surface area contributed by atoms with E-state index in [9.17, 15) is 15.0 Å². The van der Waals surface area contributed by atoms with E-state index in [1.165, 1.54) is 23.5 Å². The van der Waals surface area contributed by atoms with Gasteiger partial charge in [-0.15, -0.1) is 11.3 Å². The van der Waals surface area contributed by atoms with Crippen LogP contribution in [0.1, 0.15) is 10.6 Å². The number of hydrogen-bond donors (Lipinski definition) is 3. The summed E-state index contributed by atoms with van der Waals surface area (Å²) in [7, 11) is 0. The van der Waals surface area contributed by atoms with Crippen molar-refractivity contribution in [2.45, 2.75) is 0 Å². The minimum Gasteiger partial charge on any atom is -0.504 e. The molecule has 7 heteroatoms. The lowest BCUT2D eigenvalue weighted by Crippen LogP contribution is -2.13. The lowest BCUT2D eigenvalue weighted by Gasteiger charge is -2.08. The van der Waals surface area contributed by atoms with Gasteiger partial charge in [0, 0.05) is 10.7 Å². The number of phenolic OH excluding ortho intramolecular Hbond substituents is 2. The second-order valence-electron chi connectivity index (χ2n) is 6.25. The standard InChI is InChI=1S/C22H15ClN2O3S/c23-14-6-8-15(9-7-14)24-21(28)16(11-13-5-10-18(26)19(27)12-13)22-25-17-3-1-2-4-20(17)29-22/h1-12,26-27H,(H,24,28)/b16-11-. The Morgan fingerprint density at radius 2 is 1.76 bits per heavy atom. The fourth-order valence-electron chi connectivity index (χ4n) is 2.74. The highest BCUT2D eigenvalue weighted by Gasteiger charge is 2.17. The highest BCUT2D eigenvalue weighted by atomic mass is 35.5. The zero-order valence-electron chi connectivity index (χ0n) is 15.0. The van der Waals surface area contributed by atoms with Crippen molar-refractivity contribution < 1.29 is 15.0 Å². The van der Waals surface area contributed by atoms with E-state index < -0.39 is 0 Å². The third-order valence-electron chi connectivity index (χ3n) is 4.18. The van der Waals surface area contributed by atoms with Crippen LogP contribution in [-0.4, -0.2) is 21.1 Å². The average molecular weight is 423 g/mol. The van der Waals surface area contributed by atoms with Crippen molar-refractivity contribution in [3.63, 3.8) is 0 Å². The Balaban J connectivity index is 1.77. The molecule has 0 spiro atoms. The van der Waals surface area contributed by atoms with Crippen molar-refractivity contribution in [3.8, 4) is 11.5 Å². The van der Waals surface area contributed by atoms with Crippen LogP contribution in [-0.2, 0) is 4.79 Å². The van der Waals surface area contributed by atoms with Crippen LogP contribution < -0.4 is 5.32 Å². The van der Waals surface area contributed by atoms with E-state index in [1.807, 2.05) is 24.3 Å². The lowest BCUT2D eigenvalue weighted by atomic mass is 10.1. The van der Waals surface area contributed by atoms with Gasteiger partial charge in [0.1, 0.15) is 5.01 Å². The number of rotatable bonds is 4. The van der Waals surface area contributed by atoms with Crippen LogP contribution in [0.4, 0.5) is 5.69 Å². The van der Waals surface area contributed by atoms with Gasteiger partial charge >= 0.3 is 0 Å². The second-order valence-corrected chi connectivity index (χ2v) is 7.72. The molecule has 3 aromatic carbocycles. The number of benzene rings is 3. The predicted octanol–water partition coefficient (Wildman–Crippen LogP) is 5.54. The molecular weight excluding hydrogens is 408 g/mol. The van der Waals surface area contributed by atoms with Crippen LogP contribution in [0.15, 0.2) is 66.7 Å². The number of hydrogen-bond acceptors (Lipinski definition) is 5. The van der Waals surface area contributed by atoms with E-state index in [-0.39, 0.29) is 17.4 Å². The molecule has 144 valence electrons. The summed E-state index contributed by atoms with van der Waals surface area (Å²) in [6, 6.07) is 18.8. The van der Waals surface area contributed by atoms with Gasteiger partial charge in [-0.25, -0.2) is 4.98 Å². The number of para-hydroxylation sites is 1. The fourth-order valence-corrected chi connectivity index (χ4v) is 3.85. The first kappa shape index (κ1) is 19.0. The maximum Gasteiger partial charge on any atom is 0.258 e. The number of thiazole rings is 1. The van der Waals surface area contributed by atoms with Gasteiger partial charge < -0.3 is 15.5 Å². The molecule has 0 bridgehead atoms. The van der Waals surface area contributed by atoms with Crippen molar-refractivity contribution in [1.82, 2.24) is 4.98 Å². The number of nitrogens with one attached hydrogen (secondary N) is 1. The normalized spacial score (nSPS) is 11.6. The van der Waals surface area contributed by atoms with E-state index in [0.29, 0.717) is 26.9 Å². The minimum absolute atomic E-state index is 0.227. The highest BCUT2D eigenvalue weighted by molar-refractivity contribution is 7.19. The van der Waals surface area contributed by atoms with Gasteiger partial charge in [0.05, 0.1) is 15.8 Å². The first-order valence-electron chi connectivity index (χ1n) is 8.66. The third-order valence-corrected chi connectivity index (χ3v) is 5.50. The Labute approximate surface area is 175 Å². The molecule has 0 aliphatic carbocycles. The number of carbonyl (C=O) groups excluding carboxylic acids is 1. The number of aromatic hydroxyl groups is 2. The summed E-state index contributed by atoms with van der Waals surface area (Å²) in [6.07, 6.45) is 1.63. The number of phenols is 2. The topological polar surface area (TPSA) is 82.5 Å². The van der Waals surface area contributed by atoms with Crippen LogP contribution >= 0.6 is 22.9 Å². The van der Waals surface area contributed by atoms with E-state index >= 15 is 0 Å². The van der Waals surface area contributed by atoms with E-state index in [1.54, 1.807) is 36.4 Å². The number of fused-ring (bicyclic) bond motifs is 1. The Morgan fingerprint density at radius 3 is 2.48 bits per heavy atom. The molecular formula is C22H15ClN2O3S. The molecule has 1 heterocycles. The van der Waals surface area contributed by atoms with Crippen LogP contribution in [0, 0.1) is 0 Å². The molecule has 1 aromatic heterocycles. The number of carbonyl (C=O) groups is 1. The molecule has 0 aliphatic rings. The monoisotopic (exact) mass is 422 g/mol. The molecule has 0 saturated carbocycles. The summed E-state index contributed by atoms with van der Waals surface area (Å²) in [5.41, 5.74) is 2.29. The number of amides is 1. The van der Waals surface area contributed by atoms with Crippen LogP contribution in [0.2, 0.25) is 5.02 Å². The molecule has 0 fully saturated rings. The molecule has 0 saturated heterocycles. The van der Waals surface area contributed by atoms with Gasteiger partial charge in [-0.2, -0.15) is 0 Å². The van der Waals surface area contributed by atoms with Crippen molar-refractivity contribution in [3.05, 3.63) is 82.3 Å². The van der Waals surface area contributed by atoms with Gasteiger partial charge in [0.15, 0.2) is 11.5 Å². The zero-order valence-corrected chi connectivity index (χ0v) is 16.5. The van der Waals surface area contributed by atoms with Gasteiger partial charge in [0.25, 0.3) is 5.91 Å². The molecule has 5 nitrogen and oxygen atoms in total. The van der Waals surface area contributed by atoms with Crippen LogP contribution in [0.25, 0.3) is 21.9 Å². The minimum atomic E-state index is -0.348. The van der Waals surface area contributed by atoms with E-state index in [2.05, 4.69) is 10.3 Å². The largest absolute Gasteiger partial charge is 0.504 e. The number of aromatic nitrogens is 1. The summed E-state index contributed by atoms with van der Waals surface area (Å²) >= 11 is 7.31. The summed E-state index contributed by atoms with van der Waals surface area (Å²) < 4.78 is 0.959. The summed E-state index contributed by atoms with van der Waals surface area (Å²) in [5.74, 6) is -0.839. The van der Waals surface area contributed by atoms with E-state index in [0.717, 1.165) is 10.2 Å². The van der Waals surface area contributed by atoms with Crippen LogP contribution in [0.5, 0.6) is 11.5 Å². The number of halogens is 1. The zero-order chi connectivity index (χ0) is 20.4. The summed E-state index contributed by atoms with van der Waals surface area (Å²) in [6.45, 7) is 0. The summed E-state index contributed by atoms with van der Waals surface area (Å²) in [5, 5.41) is 23.3. The molecule has 3 N–H and O–H groups in total. The maximum absolute atomic E-state index is 13.1. The second kappa shape index (κ2) is 7.95. The SMILES string of the molecule is O=C(Nc1ccc(Cl)cc1)/C(=C/c1ccc(O)c(O)c1)c1nc2ccccc2s1. The molecule has 4 rings (SSSR count). The predicted molar refractivity (Wildman–Crippen MR) is 117 cm³/mol. The van der Waals surface area contributed by atoms with Crippen molar-refractivity contribution in [2.75, 3.05) is 5.32 Å². The van der Waals surface area contributed by atoms with Crippen molar-refractivity contribution >= 4 is 56.4 Å². The highest BCUT2D eigenvalue weighted by Crippen LogP contribution is 2.31. The smallest absolute Gasteiger partial charge is 0.258 e. The fraction of sp³-hybridized carbons (Fsp3) is 0. The van der Waals surface area contributed by atoms with Crippen molar-refractivity contribution in [1.29, 1.82) is 0 Å². The molecule has 4 aromatic rings. The lowest BCUT2D eigenvalue weighted by molar-refractivity contribution is -0.111. The molecule has 0 atom stereocenters. The average Bonchev–Trinajstić information content (AvgIpc) is 3.14. The first-order valence-corrected chi connectivity index (χ1v) is 9.85. The Morgan fingerprint density at radius 1 is 1.00 bits per heavy atom. The molecule has 0 aliphatic heterocycles. The van der Waals surface area contributed by atoms with Crippen LogP contribution in [0.3, 0.4) is 0 Å². The number of nitrogens with zero attached hydrogens (tertiary/aromatic N) is 1. The molecule has 1 amide bonds. The van der Waals surface area contributed by atoms with Gasteiger partial charge in [-0.3, -0.25) is 4.79 Å². The van der Waals surface area contributed by atoms with Gasteiger partial charge in [-0.05, 0) is 60.2 Å². The Bertz CT molecular complexity index is 1200. The summed E-state index contributed by atoms with van der Waals surface area (Å²) in [4.78, 5) is 17.7. The molecule has 0 radical (unpaired) electrons.